The Morgan fingerprint density at radius 2 is 1.60 bits per heavy atom. The minimum absolute atomic E-state index is 0.00515. The lowest BCUT2D eigenvalue weighted by Crippen LogP contribution is -2.61. The second-order valence-electron chi connectivity index (χ2n) is 26.7. The third kappa shape index (κ3) is 16.9. The molecule has 0 bridgehead atoms. The van der Waals surface area contributed by atoms with Crippen LogP contribution < -0.4 is 10.7 Å². The molecule has 7 rings (SSSR count). The number of nitrogens with zero attached hydrogens (tertiary/aromatic N) is 3. The van der Waals surface area contributed by atoms with Crippen LogP contribution in [0, 0.1) is 23.7 Å². The molecule has 2 aliphatic carbocycles. The Kier molecular flexibility index (Phi) is 24.4. The highest BCUT2D eigenvalue weighted by Crippen LogP contribution is 2.42. The number of aliphatic hydroxyl groups excluding tert-OH is 2. The maximum atomic E-state index is 14.7. The molecule has 2 saturated carbocycles. The summed E-state index contributed by atoms with van der Waals surface area (Å²) in [5.41, 5.74) is -3.98. The molecule has 488 valence electrons. The molecule has 1 aromatic carbocycles. The van der Waals surface area contributed by atoms with Crippen molar-refractivity contribution in [1.82, 2.24) is 14.4 Å². The van der Waals surface area contributed by atoms with Crippen LogP contribution in [0.5, 0.6) is 0 Å². The van der Waals surface area contributed by atoms with Crippen LogP contribution in [0.1, 0.15) is 169 Å². The first-order valence-electron chi connectivity index (χ1n) is 31.6. The van der Waals surface area contributed by atoms with Gasteiger partial charge >= 0.3 is 17.9 Å². The lowest BCUT2D eigenvalue weighted by atomic mass is 9.77. The topological polar surface area (TPSA) is 256 Å². The van der Waals surface area contributed by atoms with Crippen LogP contribution in [0.25, 0.3) is 10.9 Å². The number of aliphatic hydroxyl groups is 4. The molecule has 18 atom stereocenters. The van der Waals surface area contributed by atoms with E-state index < -0.39 is 113 Å². The summed E-state index contributed by atoms with van der Waals surface area (Å²) in [5, 5.41) is 52.3. The Labute approximate surface area is 514 Å². The smallest absolute Gasteiger partial charge is 0.343 e. The first-order valence-corrected chi connectivity index (χ1v) is 32.0. The SMILES string of the molecule is CC[C@H]1OC(=O)[C@H](C)[C@@H](OC2C[C@](C)(OC)[C@@H](OC(=O)CCOCCNc3cc4c(=O)c(C(=O)OCCC5CCCCC5)cn(C5CC5)c4cc3Cl)[C@H](C)O2)[C@H](C)[C@@H](OC2O[C@H](C)C[C@H](N(C)C)[C@H]2O)[C@](C)(O)C[C@@H](C)CN(C)[C@H](C)[C@@H](O)[C@]1(C)O. The number of aromatic nitrogens is 1. The van der Waals surface area contributed by atoms with Crippen molar-refractivity contribution in [2.75, 3.05) is 66.5 Å². The van der Waals surface area contributed by atoms with Gasteiger partial charge in [0.05, 0.1) is 78.4 Å². The van der Waals surface area contributed by atoms with E-state index in [9.17, 15) is 39.6 Å². The quantitative estimate of drug-likeness (QED) is 0.0492. The largest absolute Gasteiger partial charge is 0.462 e. The first-order chi connectivity index (χ1) is 40.5. The van der Waals surface area contributed by atoms with E-state index in [2.05, 4.69) is 5.32 Å². The standard InChI is InChI=1S/C64H103ClN4O17/c1-15-50-64(10,77)56(73)40(6)68(13)34-36(2)32-62(8,76)57(86-61-54(72)49(67(11)12)29-37(3)81-61)38(4)55(39(5)59(74)83-50)85-52-33-63(9,78-14)58(41(7)82-52)84-51(70)24-26-79-28-25-66-47-30-44-48(31-46(47)65)69(43-21-22-43)35-45(53(44)71)60(75)80-27-23-42-19-17-16-18-20-42/h30-31,35-43,49-50,52,54-58,61,66,72-73,76-77H,15-29,32-34H2,1-14H3/t36-,37-,38+,39-,40-,41+,49+,50-,52?,54-,55+,56-,57-,58+,61?,62-,63+,64-/m1/s1. The number of hydrogen-bond donors (Lipinski definition) is 5. The van der Waals surface area contributed by atoms with Crippen LogP contribution in [0.4, 0.5) is 5.69 Å². The molecule has 1 aromatic heterocycles. The van der Waals surface area contributed by atoms with Crippen molar-refractivity contribution in [3.8, 4) is 0 Å². The van der Waals surface area contributed by atoms with Gasteiger partial charge in [0.1, 0.15) is 35.1 Å². The predicted octanol–water partition coefficient (Wildman–Crippen LogP) is 7.40. The van der Waals surface area contributed by atoms with Crippen molar-refractivity contribution >= 4 is 46.1 Å². The van der Waals surface area contributed by atoms with Gasteiger partial charge in [-0.2, -0.15) is 0 Å². The molecule has 86 heavy (non-hydrogen) atoms. The number of rotatable bonds is 20. The van der Waals surface area contributed by atoms with Crippen molar-refractivity contribution in [3.05, 3.63) is 39.1 Å². The molecular formula is C64H103ClN4O17. The molecule has 21 nitrogen and oxygen atoms in total. The zero-order valence-corrected chi connectivity index (χ0v) is 54.3. The van der Waals surface area contributed by atoms with Crippen LogP contribution in [-0.4, -0.2) is 204 Å². The van der Waals surface area contributed by atoms with E-state index in [-0.39, 0.29) is 81.7 Å². The minimum Gasteiger partial charge on any atom is -0.462 e. The number of cyclic esters (lactones) is 1. The normalized spacial score (nSPS) is 36.7. The Morgan fingerprint density at radius 3 is 2.26 bits per heavy atom. The third-order valence-electron chi connectivity index (χ3n) is 19.2. The molecule has 2 aromatic rings. The molecule has 3 saturated heterocycles. The molecule has 4 heterocycles. The molecule has 5 N–H and O–H groups in total. The van der Waals surface area contributed by atoms with Gasteiger partial charge in [0, 0.05) is 62.2 Å². The van der Waals surface area contributed by atoms with Gasteiger partial charge in [-0.3, -0.25) is 14.4 Å². The zero-order valence-electron chi connectivity index (χ0n) is 53.6. The van der Waals surface area contributed by atoms with E-state index in [1.807, 2.05) is 49.4 Å². The number of anilines is 1. The molecule has 22 heteroatoms. The number of esters is 3. The van der Waals surface area contributed by atoms with Gasteiger partial charge < -0.3 is 82.7 Å². The lowest BCUT2D eigenvalue weighted by molar-refractivity contribution is -0.318. The summed E-state index contributed by atoms with van der Waals surface area (Å²) in [7, 11) is 7.07. The number of pyridine rings is 1. The van der Waals surface area contributed by atoms with Crippen LogP contribution in [0.3, 0.4) is 0 Å². The highest BCUT2D eigenvalue weighted by Gasteiger charge is 2.54. The van der Waals surface area contributed by atoms with Crippen molar-refractivity contribution in [3.63, 3.8) is 0 Å². The number of carbonyl (C=O) groups is 3. The van der Waals surface area contributed by atoms with Crippen molar-refractivity contribution < 1.29 is 77.4 Å². The molecule has 3 aliphatic heterocycles. The Morgan fingerprint density at radius 1 is 0.907 bits per heavy atom. The summed E-state index contributed by atoms with van der Waals surface area (Å²) < 4.78 is 58.5. The maximum Gasteiger partial charge on any atom is 0.343 e. The number of fused-ring (bicyclic) bond motifs is 1. The van der Waals surface area contributed by atoms with Gasteiger partial charge in [-0.05, 0) is 132 Å². The minimum atomic E-state index is -1.87. The highest BCUT2D eigenvalue weighted by molar-refractivity contribution is 6.34. The van der Waals surface area contributed by atoms with Gasteiger partial charge in [0.25, 0.3) is 0 Å². The molecule has 5 fully saturated rings. The lowest BCUT2D eigenvalue weighted by Gasteiger charge is -2.49. The molecule has 5 aliphatic rings. The number of nitrogens with one attached hydrogen (secondary N) is 1. The van der Waals surface area contributed by atoms with Gasteiger partial charge in [-0.1, -0.05) is 64.5 Å². The number of hydrogen-bond acceptors (Lipinski definition) is 20. The van der Waals surface area contributed by atoms with E-state index in [0.29, 0.717) is 40.5 Å². The van der Waals surface area contributed by atoms with E-state index >= 15 is 0 Å². The Balaban J connectivity index is 1.02. The van der Waals surface area contributed by atoms with Crippen molar-refractivity contribution in [1.29, 1.82) is 0 Å². The highest BCUT2D eigenvalue weighted by atomic mass is 35.5. The summed E-state index contributed by atoms with van der Waals surface area (Å²) >= 11 is 6.78. The average Bonchev–Trinajstić information content (AvgIpc) is 2.11. The second-order valence-corrected chi connectivity index (χ2v) is 27.1. The summed E-state index contributed by atoms with van der Waals surface area (Å²) in [5.74, 6) is -3.56. The fourth-order valence-electron chi connectivity index (χ4n) is 13.8. The molecule has 0 spiro atoms. The number of methoxy groups -OCH3 is 1. The molecular weight excluding hydrogens is 1130 g/mol. The summed E-state index contributed by atoms with van der Waals surface area (Å²) in [6.07, 6.45) is 0.809. The molecule has 0 amide bonds. The van der Waals surface area contributed by atoms with Crippen LogP contribution in [0.2, 0.25) is 5.02 Å². The first kappa shape index (κ1) is 69.9. The van der Waals surface area contributed by atoms with Crippen LogP contribution in [-0.2, 0) is 52.2 Å². The number of benzene rings is 1. The van der Waals surface area contributed by atoms with E-state index in [0.717, 1.165) is 32.1 Å². The summed E-state index contributed by atoms with van der Waals surface area (Å²) in [6.45, 7) is 18.6. The Hall–Kier alpha value is -3.55. The van der Waals surface area contributed by atoms with E-state index in [1.165, 1.54) is 33.3 Å². The van der Waals surface area contributed by atoms with Crippen molar-refractivity contribution in [2.24, 2.45) is 23.7 Å². The monoisotopic (exact) mass is 1230 g/mol. The summed E-state index contributed by atoms with van der Waals surface area (Å²) in [4.78, 5) is 59.3. The van der Waals surface area contributed by atoms with Crippen LogP contribution >= 0.6 is 11.6 Å². The number of carbonyl (C=O) groups excluding carboxylic acids is 3. The van der Waals surface area contributed by atoms with Gasteiger partial charge in [0.2, 0.25) is 5.43 Å². The number of ether oxygens (including phenoxy) is 9. The van der Waals surface area contributed by atoms with Crippen molar-refractivity contribution in [2.45, 2.75) is 249 Å². The number of halogens is 1. The predicted molar refractivity (Wildman–Crippen MR) is 325 cm³/mol. The van der Waals surface area contributed by atoms with Gasteiger partial charge in [0.15, 0.2) is 18.7 Å². The second kappa shape index (κ2) is 30.0. The summed E-state index contributed by atoms with van der Waals surface area (Å²) in [6, 6.07) is 2.65. The fraction of sp³-hybridized carbons (Fsp3) is 0.812. The zero-order chi connectivity index (χ0) is 63.2. The van der Waals surface area contributed by atoms with E-state index in [1.54, 1.807) is 66.8 Å². The molecule has 0 radical (unpaired) electrons. The van der Waals surface area contributed by atoms with Gasteiger partial charge in [-0.25, -0.2) is 4.79 Å². The average molecular weight is 1240 g/mol. The third-order valence-corrected chi connectivity index (χ3v) is 19.5. The van der Waals surface area contributed by atoms with Gasteiger partial charge in [-0.15, -0.1) is 0 Å². The van der Waals surface area contributed by atoms with E-state index in [4.69, 9.17) is 54.2 Å². The molecule has 2 unspecified atom stereocenters. The number of likely N-dealkylation sites (N-methyl/N-ethyl adjacent to an activating group) is 2. The fourth-order valence-corrected chi connectivity index (χ4v) is 14.1. The maximum absolute atomic E-state index is 14.7. The van der Waals surface area contributed by atoms with Crippen LogP contribution in [0.15, 0.2) is 23.1 Å². The Bertz CT molecular complexity index is 2630.